The van der Waals surface area contributed by atoms with E-state index < -0.39 is 0 Å². The van der Waals surface area contributed by atoms with Crippen LogP contribution in [0.2, 0.25) is 0 Å². The van der Waals surface area contributed by atoms with Crippen LogP contribution in [0.3, 0.4) is 0 Å². The van der Waals surface area contributed by atoms with E-state index >= 15 is 0 Å². The molecule has 0 aliphatic heterocycles. The van der Waals surface area contributed by atoms with Crippen LogP contribution in [-0.4, -0.2) is 7.11 Å². The zero-order valence-corrected chi connectivity index (χ0v) is 12.5. The molecule has 0 aromatic heterocycles. The van der Waals surface area contributed by atoms with Gasteiger partial charge in [0.05, 0.1) is 7.11 Å². The summed E-state index contributed by atoms with van der Waals surface area (Å²) in [5.74, 6) is 1.70. The minimum Gasteiger partial charge on any atom is -0.496 e. The molecule has 3 aromatic rings. The van der Waals surface area contributed by atoms with Crippen LogP contribution in [0, 0.1) is 0 Å². The summed E-state index contributed by atoms with van der Waals surface area (Å²) in [5.41, 5.74) is 3.37. The van der Waals surface area contributed by atoms with Gasteiger partial charge in [0.15, 0.2) is 0 Å². The van der Waals surface area contributed by atoms with Gasteiger partial charge in [0.1, 0.15) is 18.1 Å². The highest BCUT2D eigenvalue weighted by molar-refractivity contribution is 5.64. The lowest BCUT2D eigenvalue weighted by molar-refractivity contribution is 0.297. The summed E-state index contributed by atoms with van der Waals surface area (Å²) in [5, 5.41) is 0. The van der Waals surface area contributed by atoms with Crippen LogP contribution in [0.4, 0.5) is 0 Å². The molecule has 0 amide bonds. The maximum Gasteiger partial charge on any atom is 0.125 e. The van der Waals surface area contributed by atoms with Crippen molar-refractivity contribution in [3.8, 4) is 22.6 Å². The average Bonchev–Trinajstić information content (AvgIpc) is 2.61. The molecular weight excluding hydrogens is 272 g/mol. The molecule has 2 nitrogen and oxygen atoms in total. The molecule has 0 heterocycles. The van der Waals surface area contributed by atoms with Gasteiger partial charge in [-0.1, -0.05) is 60.7 Å². The Bertz CT molecular complexity index is 735. The van der Waals surface area contributed by atoms with Gasteiger partial charge in [-0.05, 0) is 29.3 Å². The van der Waals surface area contributed by atoms with E-state index in [9.17, 15) is 0 Å². The van der Waals surface area contributed by atoms with E-state index in [-0.39, 0.29) is 0 Å². The number of methoxy groups -OCH3 is 1. The zero-order chi connectivity index (χ0) is 15.2. The number of para-hydroxylation sites is 1. The Morgan fingerprint density at radius 3 is 2.27 bits per heavy atom. The lowest BCUT2D eigenvalue weighted by Gasteiger charge is -2.11. The summed E-state index contributed by atoms with van der Waals surface area (Å²) in [4.78, 5) is 0. The smallest absolute Gasteiger partial charge is 0.125 e. The third kappa shape index (κ3) is 3.29. The maximum atomic E-state index is 5.92. The van der Waals surface area contributed by atoms with E-state index in [2.05, 4.69) is 24.3 Å². The topological polar surface area (TPSA) is 18.5 Å². The fourth-order valence-corrected chi connectivity index (χ4v) is 2.38. The van der Waals surface area contributed by atoms with Crippen LogP contribution in [0.1, 0.15) is 5.56 Å². The molecule has 2 heteroatoms. The Hall–Kier alpha value is -2.74. The van der Waals surface area contributed by atoms with Gasteiger partial charge >= 0.3 is 0 Å². The van der Waals surface area contributed by atoms with Gasteiger partial charge in [0.25, 0.3) is 0 Å². The van der Waals surface area contributed by atoms with E-state index in [1.807, 2.05) is 54.6 Å². The largest absolute Gasteiger partial charge is 0.496 e. The van der Waals surface area contributed by atoms with E-state index in [0.717, 1.165) is 22.6 Å². The Kier molecular flexibility index (Phi) is 4.40. The number of ether oxygens (including phenoxy) is 2. The van der Waals surface area contributed by atoms with Gasteiger partial charge in [0, 0.05) is 5.56 Å². The second-order valence-electron chi connectivity index (χ2n) is 4.99. The molecule has 0 unspecified atom stereocenters. The Labute approximate surface area is 131 Å². The molecule has 0 radical (unpaired) electrons. The first-order valence-corrected chi connectivity index (χ1v) is 7.27. The molecule has 0 aliphatic rings. The maximum absolute atomic E-state index is 5.92. The third-order valence-corrected chi connectivity index (χ3v) is 3.53. The predicted molar refractivity (Wildman–Crippen MR) is 89.2 cm³/mol. The normalized spacial score (nSPS) is 10.2. The van der Waals surface area contributed by atoms with Crippen molar-refractivity contribution in [3.05, 3.63) is 84.4 Å². The second kappa shape index (κ2) is 6.81. The number of benzene rings is 3. The van der Waals surface area contributed by atoms with Crippen molar-refractivity contribution < 1.29 is 9.47 Å². The standard InChI is InChI=1S/C20H18O2/c1-21-20-13-6-5-10-18(20)15-22-19-12-7-11-17(14-19)16-8-3-2-4-9-16/h2-14H,15H2,1H3. The molecule has 3 aromatic carbocycles. The first-order chi connectivity index (χ1) is 10.9. The van der Waals surface area contributed by atoms with Crippen molar-refractivity contribution in [1.82, 2.24) is 0 Å². The minimum atomic E-state index is 0.488. The monoisotopic (exact) mass is 290 g/mol. The van der Waals surface area contributed by atoms with Crippen LogP contribution in [-0.2, 0) is 6.61 Å². The zero-order valence-electron chi connectivity index (χ0n) is 12.5. The first kappa shape index (κ1) is 14.2. The van der Waals surface area contributed by atoms with Crippen LogP contribution < -0.4 is 9.47 Å². The van der Waals surface area contributed by atoms with E-state index in [1.165, 1.54) is 5.56 Å². The third-order valence-electron chi connectivity index (χ3n) is 3.53. The van der Waals surface area contributed by atoms with Crippen molar-refractivity contribution in [2.24, 2.45) is 0 Å². The summed E-state index contributed by atoms with van der Waals surface area (Å²) in [6.07, 6.45) is 0. The summed E-state index contributed by atoms with van der Waals surface area (Å²) in [7, 11) is 1.68. The minimum absolute atomic E-state index is 0.488. The number of rotatable bonds is 5. The van der Waals surface area contributed by atoms with Crippen LogP contribution in [0.25, 0.3) is 11.1 Å². The quantitative estimate of drug-likeness (QED) is 0.662. The Morgan fingerprint density at radius 2 is 1.45 bits per heavy atom. The van der Waals surface area contributed by atoms with Crippen LogP contribution in [0.5, 0.6) is 11.5 Å². The summed E-state index contributed by atoms with van der Waals surface area (Å²) in [6.45, 7) is 0.488. The fraction of sp³-hybridized carbons (Fsp3) is 0.100. The molecule has 0 bridgehead atoms. The van der Waals surface area contributed by atoms with E-state index in [1.54, 1.807) is 7.11 Å². The van der Waals surface area contributed by atoms with Gasteiger partial charge in [-0.3, -0.25) is 0 Å². The van der Waals surface area contributed by atoms with E-state index in [0.29, 0.717) is 6.61 Å². The van der Waals surface area contributed by atoms with Crippen molar-refractivity contribution >= 4 is 0 Å². The summed E-state index contributed by atoms with van der Waals surface area (Å²) in [6, 6.07) is 26.3. The van der Waals surface area contributed by atoms with Crippen molar-refractivity contribution in [1.29, 1.82) is 0 Å². The number of hydrogen-bond donors (Lipinski definition) is 0. The molecule has 0 N–H and O–H groups in total. The molecule has 110 valence electrons. The second-order valence-corrected chi connectivity index (χ2v) is 4.99. The molecule has 0 aliphatic carbocycles. The molecular formula is C20H18O2. The highest BCUT2D eigenvalue weighted by Gasteiger charge is 2.04. The molecule has 0 fully saturated rings. The highest BCUT2D eigenvalue weighted by Crippen LogP contribution is 2.25. The predicted octanol–water partition coefficient (Wildman–Crippen LogP) is 4.94. The van der Waals surface area contributed by atoms with Crippen molar-refractivity contribution in [2.45, 2.75) is 6.61 Å². The first-order valence-electron chi connectivity index (χ1n) is 7.27. The van der Waals surface area contributed by atoms with Crippen LogP contribution >= 0.6 is 0 Å². The SMILES string of the molecule is COc1ccccc1COc1cccc(-c2ccccc2)c1. The molecule has 0 atom stereocenters. The Balaban J connectivity index is 1.76. The van der Waals surface area contributed by atoms with Gasteiger partial charge in [-0.25, -0.2) is 0 Å². The highest BCUT2D eigenvalue weighted by atomic mass is 16.5. The summed E-state index contributed by atoms with van der Waals surface area (Å²) >= 11 is 0. The van der Waals surface area contributed by atoms with Crippen molar-refractivity contribution in [3.63, 3.8) is 0 Å². The van der Waals surface area contributed by atoms with Gasteiger partial charge in [-0.15, -0.1) is 0 Å². The molecule has 22 heavy (non-hydrogen) atoms. The van der Waals surface area contributed by atoms with Gasteiger partial charge in [-0.2, -0.15) is 0 Å². The van der Waals surface area contributed by atoms with Crippen LogP contribution in [0.15, 0.2) is 78.9 Å². The average molecular weight is 290 g/mol. The van der Waals surface area contributed by atoms with Gasteiger partial charge < -0.3 is 9.47 Å². The molecule has 0 saturated carbocycles. The molecule has 0 spiro atoms. The lowest BCUT2D eigenvalue weighted by Crippen LogP contribution is -1.98. The van der Waals surface area contributed by atoms with Gasteiger partial charge in [0.2, 0.25) is 0 Å². The Morgan fingerprint density at radius 1 is 0.727 bits per heavy atom. The fourth-order valence-electron chi connectivity index (χ4n) is 2.38. The summed E-state index contributed by atoms with van der Waals surface area (Å²) < 4.78 is 11.3. The molecule has 3 rings (SSSR count). The molecule has 0 saturated heterocycles. The van der Waals surface area contributed by atoms with Crippen molar-refractivity contribution in [2.75, 3.05) is 7.11 Å². The van der Waals surface area contributed by atoms with E-state index in [4.69, 9.17) is 9.47 Å². The number of hydrogen-bond acceptors (Lipinski definition) is 2. The lowest BCUT2D eigenvalue weighted by atomic mass is 10.1.